The lowest BCUT2D eigenvalue weighted by atomic mass is 10.1. The average Bonchev–Trinajstić information content (AvgIpc) is 2.52. The molecule has 21 heavy (non-hydrogen) atoms. The molecule has 2 rings (SSSR count). The first-order chi connectivity index (χ1) is 10.2. The Morgan fingerprint density at radius 3 is 1.76 bits per heavy atom. The molecular weight excluding hydrogens is 268 g/mol. The molecule has 0 radical (unpaired) electrons. The van der Waals surface area contributed by atoms with Crippen molar-refractivity contribution in [3.63, 3.8) is 0 Å². The average molecular weight is 286 g/mol. The molecule has 0 amide bonds. The van der Waals surface area contributed by atoms with Gasteiger partial charge in [0.25, 0.3) is 0 Å². The molecule has 0 heterocycles. The highest BCUT2D eigenvalue weighted by molar-refractivity contribution is 5.72. The van der Waals surface area contributed by atoms with Crippen LogP contribution in [0, 0.1) is 0 Å². The number of rotatable bonds is 5. The Hall–Kier alpha value is -2.62. The van der Waals surface area contributed by atoms with E-state index in [9.17, 15) is 5.11 Å². The number of ether oxygens (including phenoxy) is 3. The van der Waals surface area contributed by atoms with Crippen molar-refractivity contribution in [1.82, 2.24) is 0 Å². The Morgan fingerprint density at radius 2 is 1.24 bits per heavy atom. The molecule has 0 aromatic heterocycles. The van der Waals surface area contributed by atoms with Crippen LogP contribution in [0.3, 0.4) is 0 Å². The van der Waals surface area contributed by atoms with Gasteiger partial charge in [-0.05, 0) is 35.4 Å². The summed E-state index contributed by atoms with van der Waals surface area (Å²) < 4.78 is 15.5. The van der Waals surface area contributed by atoms with Crippen molar-refractivity contribution in [3.05, 3.63) is 47.5 Å². The number of benzene rings is 2. The first kappa shape index (κ1) is 14.8. The van der Waals surface area contributed by atoms with Crippen LogP contribution in [0.15, 0.2) is 36.4 Å². The summed E-state index contributed by atoms with van der Waals surface area (Å²) in [4.78, 5) is 0. The molecule has 0 saturated carbocycles. The number of hydrogen-bond acceptors (Lipinski definition) is 4. The van der Waals surface area contributed by atoms with Crippen LogP contribution in [0.2, 0.25) is 0 Å². The van der Waals surface area contributed by atoms with Gasteiger partial charge in [-0.2, -0.15) is 0 Å². The Balaban J connectivity index is 2.23. The molecule has 0 aliphatic carbocycles. The lowest BCUT2D eigenvalue weighted by Crippen LogP contribution is -1.90. The summed E-state index contributed by atoms with van der Waals surface area (Å²) in [7, 11) is 4.73. The molecule has 4 nitrogen and oxygen atoms in total. The summed E-state index contributed by atoms with van der Waals surface area (Å²) in [6.45, 7) is 0. The summed E-state index contributed by atoms with van der Waals surface area (Å²) in [6.07, 6.45) is 3.84. The van der Waals surface area contributed by atoms with Gasteiger partial charge in [0, 0.05) is 0 Å². The van der Waals surface area contributed by atoms with E-state index in [1.165, 1.54) is 7.11 Å². The molecule has 0 aliphatic rings. The maximum Gasteiger partial charge on any atom is 0.161 e. The van der Waals surface area contributed by atoms with E-state index in [1.807, 2.05) is 36.4 Å². The Morgan fingerprint density at radius 1 is 0.714 bits per heavy atom. The summed E-state index contributed by atoms with van der Waals surface area (Å²) >= 11 is 0. The predicted molar refractivity (Wildman–Crippen MR) is 83.1 cm³/mol. The maximum atomic E-state index is 9.74. The van der Waals surface area contributed by atoms with Gasteiger partial charge in [0.05, 0.1) is 21.3 Å². The zero-order valence-corrected chi connectivity index (χ0v) is 12.3. The molecule has 2 aromatic carbocycles. The van der Waals surface area contributed by atoms with Crippen molar-refractivity contribution < 1.29 is 19.3 Å². The van der Waals surface area contributed by atoms with Crippen molar-refractivity contribution in [1.29, 1.82) is 0 Å². The van der Waals surface area contributed by atoms with Crippen LogP contribution in [0.1, 0.15) is 11.1 Å². The first-order valence-corrected chi connectivity index (χ1v) is 6.45. The fraction of sp³-hybridized carbons (Fsp3) is 0.176. The standard InChI is InChI=1S/C17H18O4/c1-19-15-8-6-12(10-14(15)18)4-5-13-7-9-16(20-2)17(11-13)21-3/h4-11,18H,1-3H3. The number of methoxy groups -OCH3 is 3. The molecule has 4 heteroatoms. The highest BCUT2D eigenvalue weighted by atomic mass is 16.5. The van der Waals surface area contributed by atoms with E-state index in [4.69, 9.17) is 14.2 Å². The van der Waals surface area contributed by atoms with Crippen LogP contribution in [-0.2, 0) is 0 Å². The lowest BCUT2D eigenvalue weighted by molar-refractivity contribution is 0.355. The van der Waals surface area contributed by atoms with E-state index in [0.29, 0.717) is 17.2 Å². The molecule has 0 aliphatic heterocycles. The Kier molecular flexibility index (Phi) is 4.72. The fourth-order valence-corrected chi connectivity index (χ4v) is 1.96. The number of phenolic OH excluding ortho intramolecular Hbond substituents is 1. The SMILES string of the molecule is COc1ccc(C=Cc2ccc(OC)c(OC)c2)cc1O. The van der Waals surface area contributed by atoms with Crippen molar-refractivity contribution in [2.45, 2.75) is 0 Å². The Bertz CT molecular complexity index is 647. The van der Waals surface area contributed by atoms with E-state index in [-0.39, 0.29) is 5.75 Å². The first-order valence-electron chi connectivity index (χ1n) is 6.45. The van der Waals surface area contributed by atoms with Crippen molar-refractivity contribution in [3.8, 4) is 23.0 Å². The monoisotopic (exact) mass is 286 g/mol. The highest BCUT2D eigenvalue weighted by Gasteiger charge is 2.03. The van der Waals surface area contributed by atoms with Gasteiger partial charge in [-0.1, -0.05) is 24.3 Å². The van der Waals surface area contributed by atoms with Crippen LogP contribution in [0.25, 0.3) is 12.2 Å². The predicted octanol–water partition coefficient (Wildman–Crippen LogP) is 3.59. The number of phenols is 1. The van der Waals surface area contributed by atoms with E-state index >= 15 is 0 Å². The van der Waals surface area contributed by atoms with E-state index < -0.39 is 0 Å². The van der Waals surface area contributed by atoms with E-state index in [2.05, 4.69) is 0 Å². The van der Waals surface area contributed by atoms with Crippen LogP contribution >= 0.6 is 0 Å². The normalized spacial score (nSPS) is 10.6. The molecule has 110 valence electrons. The highest BCUT2D eigenvalue weighted by Crippen LogP contribution is 2.29. The lowest BCUT2D eigenvalue weighted by Gasteiger charge is -2.07. The maximum absolute atomic E-state index is 9.74. The van der Waals surface area contributed by atoms with Crippen molar-refractivity contribution in [2.75, 3.05) is 21.3 Å². The molecule has 0 atom stereocenters. The minimum atomic E-state index is 0.118. The van der Waals surface area contributed by atoms with Gasteiger partial charge < -0.3 is 19.3 Å². The molecule has 0 fully saturated rings. The van der Waals surface area contributed by atoms with Crippen LogP contribution in [-0.4, -0.2) is 26.4 Å². The van der Waals surface area contributed by atoms with E-state index in [1.54, 1.807) is 26.4 Å². The second-order valence-corrected chi connectivity index (χ2v) is 4.38. The van der Waals surface area contributed by atoms with Crippen LogP contribution in [0.5, 0.6) is 23.0 Å². The van der Waals surface area contributed by atoms with Crippen molar-refractivity contribution in [2.24, 2.45) is 0 Å². The molecule has 0 bridgehead atoms. The van der Waals surface area contributed by atoms with Gasteiger partial charge in [-0.25, -0.2) is 0 Å². The summed E-state index contributed by atoms with van der Waals surface area (Å²) in [5.41, 5.74) is 1.85. The number of hydrogen-bond donors (Lipinski definition) is 1. The second kappa shape index (κ2) is 6.70. The summed E-state index contributed by atoms with van der Waals surface area (Å²) in [5.74, 6) is 1.94. The third-order valence-corrected chi connectivity index (χ3v) is 3.08. The van der Waals surface area contributed by atoms with Gasteiger partial charge >= 0.3 is 0 Å². The minimum absolute atomic E-state index is 0.118. The Labute approximate surface area is 124 Å². The third-order valence-electron chi connectivity index (χ3n) is 3.08. The van der Waals surface area contributed by atoms with Crippen LogP contribution in [0.4, 0.5) is 0 Å². The molecule has 0 unspecified atom stereocenters. The smallest absolute Gasteiger partial charge is 0.161 e. The molecule has 0 saturated heterocycles. The van der Waals surface area contributed by atoms with E-state index in [0.717, 1.165) is 11.1 Å². The molecular formula is C17H18O4. The van der Waals surface area contributed by atoms with Gasteiger partial charge in [0.1, 0.15) is 0 Å². The molecule has 0 spiro atoms. The second-order valence-electron chi connectivity index (χ2n) is 4.38. The zero-order chi connectivity index (χ0) is 15.2. The topological polar surface area (TPSA) is 47.9 Å². The van der Waals surface area contributed by atoms with Gasteiger partial charge in [-0.3, -0.25) is 0 Å². The van der Waals surface area contributed by atoms with Gasteiger partial charge in [0.2, 0.25) is 0 Å². The number of aromatic hydroxyl groups is 1. The third kappa shape index (κ3) is 3.48. The quantitative estimate of drug-likeness (QED) is 0.853. The van der Waals surface area contributed by atoms with Crippen LogP contribution < -0.4 is 14.2 Å². The summed E-state index contributed by atoms with van der Waals surface area (Å²) in [6, 6.07) is 10.9. The molecule has 2 aromatic rings. The van der Waals surface area contributed by atoms with Gasteiger partial charge in [0.15, 0.2) is 23.0 Å². The molecule has 1 N–H and O–H groups in total. The summed E-state index contributed by atoms with van der Waals surface area (Å²) in [5, 5.41) is 9.74. The van der Waals surface area contributed by atoms with Crippen molar-refractivity contribution >= 4 is 12.2 Å². The zero-order valence-electron chi connectivity index (χ0n) is 12.3. The van der Waals surface area contributed by atoms with Gasteiger partial charge in [-0.15, -0.1) is 0 Å². The minimum Gasteiger partial charge on any atom is -0.504 e. The largest absolute Gasteiger partial charge is 0.504 e. The fourth-order valence-electron chi connectivity index (χ4n) is 1.96.